The Labute approximate surface area is 134 Å². The van der Waals surface area contributed by atoms with E-state index in [1.165, 1.54) is 12.8 Å². The third-order valence-electron chi connectivity index (χ3n) is 4.91. The summed E-state index contributed by atoms with van der Waals surface area (Å²) in [5.74, 6) is 0. The van der Waals surface area contributed by atoms with Crippen molar-refractivity contribution < 1.29 is 4.74 Å². The van der Waals surface area contributed by atoms with E-state index >= 15 is 0 Å². The summed E-state index contributed by atoms with van der Waals surface area (Å²) in [5.41, 5.74) is 1.42. The molecule has 21 heavy (non-hydrogen) atoms. The van der Waals surface area contributed by atoms with Gasteiger partial charge in [-0.25, -0.2) is 0 Å². The van der Waals surface area contributed by atoms with Crippen molar-refractivity contribution in [1.82, 2.24) is 5.32 Å². The lowest BCUT2D eigenvalue weighted by molar-refractivity contribution is -0.106. The van der Waals surface area contributed by atoms with Crippen LogP contribution in [0.15, 0.2) is 24.3 Å². The van der Waals surface area contributed by atoms with E-state index in [1.54, 1.807) is 0 Å². The number of nitrogens with one attached hydrogen (secondary N) is 1. The van der Waals surface area contributed by atoms with Crippen molar-refractivity contribution in [2.24, 2.45) is 5.41 Å². The maximum absolute atomic E-state index is 6.44. The van der Waals surface area contributed by atoms with Gasteiger partial charge >= 0.3 is 0 Å². The quantitative estimate of drug-likeness (QED) is 0.828. The van der Waals surface area contributed by atoms with E-state index in [-0.39, 0.29) is 11.6 Å². The number of hydrogen-bond donors (Lipinski definition) is 1. The zero-order valence-corrected chi connectivity index (χ0v) is 14.5. The maximum atomic E-state index is 6.44. The largest absolute Gasteiger partial charge is 0.373 e. The average molecular weight is 310 g/mol. The van der Waals surface area contributed by atoms with Gasteiger partial charge in [-0.05, 0) is 56.7 Å². The molecular weight excluding hydrogens is 282 g/mol. The van der Waals surface area contributed by atoms with Crippen LogP contribution in [0.25, 0.3) is 0 Å². The van der Waals surface area contributed by atoms with Crippen LogP contribution in [0.5, 0.6) is 0 Å². The highest BCUT2D eigenvalue weighted by Gasteiger charge is 2.45. The summed E-state index contributed by atoms with van der Waals surface area (Å²) in [7, 11) is 2.01. The van der Waals surface area contributed by atoms with Crippen molar-refractivity contribution in [2.75, 3.05) is 13.7 Å². The molecule has 1 unspecified atom stereocenters. The summed E-state index contributed by atoms with van der Waals surface area (Å²) >= 11 is 6.44. The molecule has 1 aliphatic carbocycles. The summed E-state index contributed by atoms with van der Waals surface area (Å²) in [6, 6.07) is 8.26. The van der Waals surface area contributed by atoms with Gasteiger partial charge < -0.3 is 10.1 Å². The van der Waals surface area contributed by atoms with Crippen molar-refractivity contribution in [3.8, 4) is 0 Å². The summed E-state index contributed by atoms with van der Waals surface area (Å²) in [5, 5.41) is 4.29. The molecule has 0 bridgehead atoms. The average Bonchev–Trinajstić information content (AvgIpc) is 2.45. The second-order valence-corrected chi connectivity index (χ2v) is 7.31. The van der Waals surface area contributed by atoms with Crippen LogP contribution in [0.2, 0.25) is 5.02 Å². The molecule has 118 valence electrons. The lowest BCUT2D eigenvalue weighted by Gasteiger charge is -2.47. The molecule has 0 spiro atoms. The zero-order valence-electron chi connectivity index (χ0n) is 13.7. The fraction of sp³-hybridized carbons (Fsp3) is 0.667. The molecular formula is C18H28ClNO. The fourth-order valence-electron chi connectivity index (χ4n) is 3.56. The van der Waals surface area contributed by atoms with Gasteiger partial charge in [0.05, 0.1) is 11.6 Å². The minimum atomic E-state index is -0.149. The van der Waals surface area contributed by atoms with Gasteiger partial charge in [0.2, 0.25) is 0 Å². The predicted molar refractivity (Wildman–Crippen MR) is 89.9 cm³/mol. The molecule has 1 aromatic rings. The molecule has 0 radical (unpaired) electrons. The van der Waals surface area contributed by atoms with Gasteiger partial charge in [-0.1, -0.05) is 43.6 Å². The van der Waals surface area contributed by atoms with E-state index in [0.717, 1.165) is 30.0 Å². The van der Waals surface area contributed by atoms with Crippen molar-refractivity contribution in [3.05, 3.63) is 34.9 Å². The van der Waals surface area contributed by atoms with Gasteiger partial charge in [0.1, 0.15) is 0 Å². The second kappa shape index (κ2) is 6.68. The molecule has 1 aromatic carbocycles. The van der Waals surface area contributed by atoms with Gasteiger partial charge in [0, 0.05) is 11.6 Å². The van der Waals surface area contributed by atoms with Crippen molar-refractivity contribution in [1.29, 1.82) is 0 Å². The molecule has 1 saturated carbocycles. The first-order valence-electron chi connectivity index (χ1n) is 8.00. The summed E-state index contributed by atoms with van der Waals surface area (Å²) in [6.45, 7) is 7.53. The Morgan fingerprint density at radius 3 is 2.33 bits per heavy atom. The third-order valence-corrected chi connectivity index (χ3v) is 5.26. The van der Waals surface area contributed by atoms with Crippen LogP contribution in [0.4, 0.5) is 0 Å². The Kier molecular flexibility index (Phi) is 5.34. The SMILES string of the molecule is CCOC1(C(NC)c2ccccc2Cl)CCC(C)(C)CC1. The first-order valence-corrected chi connectivity index (χ1v) is 8.37. The number of likely N-dealkylation sites (N-methyl/N-ethyl adjacent to an activating group) is 1. The summed E-state index contributed by atoms with van der Waals surface area (Å²) in [4.78, 5) is 0. The van der Waals surface area contributed by atoms with Crippen LogP contribution in [-0.4, -0.2) is 19.3 Å². The van der Waals surface area contributed by atoms with Gasteiger partial charge in [-0.2, -0.15) is 0 Å². The molecule has 0 heterocycles. The Balaban J connectivity index is 2.34. The van der Waals surface area contributed by atoms with Crippen LogP contribution >= 0.6 is 11.6 Å². The number of ether oxygens (including phenoxy) is 1. The Hall–Kier alpha value is -0.570. The molecule has 2 nitrogen and oxygen atoms in total. The lowest BCUT2D eigenvalue weighted by Crippen LogP contribution is -2.49. The molecule has 0 saturated heterocycles. The molecule has 1 N–H and O–H groups in total. The highest BCUT2D eigenvalue weighted by molar-refractivity contribution is 6.31. The Morgan fingerprint density at radius 1 is 1.19 bits per heavy atom. The van der Waals surface area contributed by atoms with Crippen LogP contribution in [-0.2, 0) is 4.74 Å². The van der Waals surface area contributed by atoms with E-state index in [9.17, 15) is 0 Å². The van der Waals surface area contributed by atoms with E-state index in [2.05, 4.69) is 38.2 Å². The van der Waals surface area contributed by atoms with Crippen LogP contribution < -0.4 is 5.32 Å². The van der Waals surface area contributed by atoms with Gasteiger partial charge in [0.25, 0.3) is 0 Å². The molecule has 0 amide bonds. The normalized spacial score (nSPS) is 22.0. The third kappa shape index (κ3) is 3.61. The zero-order chi connectivity index (χ0) is 15.5. The number of rotatable bonds is 5. The molecule has 0 aliphatic heterocycles. The molecule has 1 fully saturated rings. The number of benzene rings is 1. The topological polar surface area (TPSA) is 21.3 Å². The minimum Gasteiger partial charge on any atom is -0.373 e. The summed E-state index contributed by atoms with van der Waals surface area (Å²) < 4.78 is 6.31. The standard InChI is InChI=1S/C18H28ClNO/c1-5-21-18(12-10-17(2,3)11-13-18)16(20-4)14-8-6-7-9-15(14)19/h6-9,16,20H,5,10-13H2,1-4H3. The van der Waals surface area contributed by atoms with Gasteiger partial charge in [0.15, 0.2) is 0 Å². The van der Waals surface area contributed by atoms with Crippen molar-refractivity contribution in [2.45, 2.75) is 58.1 Å². The van der Waals surface area contributed by atoms with E-state index in [1.807, 2.05) is 19.2 Å². The molecule has 2 rings (SSSR count). The molecule has 1 aliphatic rings. The molecule has 0 aromatic heterocycles. The smallest absolute Gasteiger partial charge is 0.0876 e. The highest BCUT2D eigenvalue weighted by atomic mass is 35.5. The molecule has 3 heteroatoms. The van der Waals surface area contributed by atoms with E-state index in [4.69, 9.17) is 16.3 Å². The number of hydrogen-bond acceptors (Lipinski definition) is 2. The number of halogens is 1. The van der Waals surface area contributed by atoms with Crippen LogP contribution in [0, 0.1) is 5.41 Å². The Bertz CT molecular complexity index is 462. The van der Waals surface area contributed by atoms with Crippen LogP contribution in [0.1, 0.15) is 58.1 Å². The fourth-order valence-corrected chi connectivity index (χ4v) is 3.81. The first kappa shape index (κ1) is 16.8. The summed E-state index contributed by atoms with van der Waals surface area (Å²) in [6.07, 6.45) is 4.53. The predicted octanol–water partition coefficient (Wildman–Crippen LogP) is 4.98. The lowest BCUT2D eigenvalue weighted by atomic mass is 9.67. The second-order valence-electron chi connectivity index (χ2n) is 6.91. The monoisotopic (exact) mass is 309 g/mol. The molecule has 1 atom stereocenters. The highest BCUT2D eigenvalue weighted by Crippen LogP contribution is 2.48. The van der Waals surface area contributed by atoms with Crippen molar-refractivity contribution >= 4 is 11.6 Å². The maximum Gasteiger partial charge on any atom is 0.0876 e. The Morgan fingerprint density at radius 2 is 1.81 bits per heavy atom. The first-order chi connectivity index (χ1) is 9.94. The van der Waals surface area contributed by atoms with Crippen molar-refractivity contribution in [3.63, 3.8) is 0 Å². The van der Waals surface area contributed by atoms with Gasteiger partial charge in [-0.15, -0.1) is 0 Å². The minimum absolute atomic E-state index is 0.141. The van der Waals surface area contributed by atoms with E-state index in [0.29, 0.717) is 5.41 Å². The van der Waals surface area contributed by atoms with Gasteiger partial charge in [-0.3, -0.25) is 0 Å². The van der Waals surface area contributed by atoms with E-state index < -0.39 is 0 Å². The van der Waals surface area contributed by atoms with Crippen LogP contribution in [0.3, 0.4) is 0 Å².